The third-order valence-electron chi connectivity index (χ3n) is 5.14. The molecule has 1 saturated heterocycles. The van der Waals surface area contributed by atoms with Crippen molar-refractivity contribution in [3.05, 3.63) is 71.9 Å². The van der Waals surface area contributed by atoms with E-state index in [1.165, 1.54) is 5.56 Å². The fraction of sp³-hybridized carbons (Fsp3) is 0.304. The van der Waals surface area contributed by atoms with E-state index in [-0.39, 0.29) is 0 Å². The van der Waals surface area contributed by atoms with Crippen molar-refractivity contribution >= 4 is 17.5 Å². The van der Waals surface area contributed by atoms with Crippen molar-refractivity contribution in [3.63, 3.8) is 0 Å². The molecule has 0 aliphatic carbocycles. The number of anilines is 3. The second-order valence-corrected chi connectivity index (χ2v) is 7.27. The van der Waals surface area contributed by atoms with Gasteiger partial charge in [-0.15, -0.1) is 0 Å². The molecule has 6 nitrogen and oxygen atoms in total. The van der Waals surface area contributed by atoms with Gasteiger partial charge in [0.05, 0.1) is 12.8 Å². The molecule has 1 N–H and O–H groups in total. The topological polar surface area (TPSA) is 53.5 Å². The second kappa shape index (κ2) is 8.92. The molecule has 4 rings (SSSR count). The summed E-state index contributed by atoms with van der Waals surface area (Å²) in [4.78, 5) is 14.2. The van der Waals surface area contributed by atoms with Gasteiger partial charge in [0.25, 0.3) is 0 Å². The molecule has 1 aliphatic heterocycles. The second-order valence-electron chi connectivity index (χ2n) is 7.27. The smallest absolute Gasteiger partial charge is 0.229 e. The molecule has 1 aliphatic rings. The monoisotopic (exact) mass is 389 g/mol. The zero-order valence-corrected chi connectivity index (χ0v) is 17.0. The van der Waals surface area contributed by atoms with Crippen LogP contribution in [0.4, 0.5) is 17.5 Å². The van der Waals surface area contributed by atoms with E-state index in [0.717, 1.165) is 55.7 Å². The Morgan fingerprint density at radius 2 is 1.66 bits per heavy atom. The number of ether oxygens (including phenoxy) is 1. The summed E-state index contributed by atoms with van der Waals surface area (Å²) in [5, 5.41) is 3.30. The SMILES string of the molecule is COc1ccccc1Nc1nc(C)cc(N2CCN(Cc3ccccc3)CC2)n1. The number of aryl methyl sites for hydroxylation is 1. The average Bonchev–Trinajstić information content (AvgIpc) is 2.75. The first kappa shape index (κ1) is 19.2. The van der Waals surface area contributed by atoms with Crippen molar-refractivity contribution in [1.82, 2.24) is 14.9 Å². The quantitative estimate of drug-likeness (QED) is 0.691. The first-order chi connectivity index (χ1) is 14.2. The fourth-order valence-corrected chi connectivity index (χ4v) is 3.61. The van der Waals surface area contributed by atoms with Gasteiger partial charge in [-0.1, -0.05) is 42.5 Å². The summed E-state index contributed by atoms with van der Waals surface area (Å²) in [6.07, 6.45) is 0. The number of nitrogens with zero attached hydrogens (tertiary/aromatic N) is 4. The molecule has 0 radical (unpaired) electrons. The lowest BCUT2D eigenvalue weighted by atomic mass is 10.2. The van der Waals surface area contributed by atoms with Crippen molar-refractivity contribution in [2.75, 3.05) is 43.5 Å². The van der Waals surface area contributed by atoms with Gasteiger partial charge < -0.3 is 15.0 Å². The number of para-hydroxylation sites is 2. The average molecular weight is 390 g/mol. The molecular formula is C23H27N5O. The Hall–Kier alpha value is -3.12. The summed E-state index contributed by atoms with van der Waals surface area (Å²) in [6.45, 7) is 6.96. The number of piperazine rings is 1. The molecule has 1 aromatic heterocycles. The summed E-state index contributed by atoms with van der Waals surface area (Å²) in [7, 11) is 1.66. The van der Waals surface area contributed by atoms with Crippen LogP contribution in [0.3, 0.4) is 0 Å². The van der Waals surface area contributed by atoms with Gasteiger partial charge in [0.2, 0.25) is 5.95 Å². The third kappa shape index (κ3) is 4.84. The van der Waals surface area contributed by atoms with Crippen molar-refractivity contribution in [1.29, 1.82) is 0 Å². The molecule has 0 bridgehead atoms. The van der Waals surface area contributed by atoms with Crippen LogP contribution in [0.1, 0.15) is 11.3 Å². The van der Waals surface area contributed by atoms with Gasteiger partial charge in [-0.2, -0.15) is 4.98 Å². The van der Waals surface area contributed by atoms with E-state index in [1.807, 2.05) is 31.2 Å². The summed E-state index contributed by atoms with van der Waals surface area (Å²) >= 11 is 0. The Morgan fingerprint density at radius 3 is 2.41 bits per heavy atom. The van der Waals surface area contributed by atoms with E-state index in [9.17, 15) is 0 Å². The van der Waals surface area contributed by atoms with E-state index < -0.39 is 0 Å². The van der Waals surface area contributed by atoms with Crippen LogP contribution >= 0.6 is 0 Å². The van der Waals surface area contributed by atoms with Gasteiger partial charge in [-0.3, -0.25) is 4.90 Å². The number of methoxy groups -OCH3 is 1. The lowest BCUT2D eigenvalue weighted by Crippen LogP contribution is -2.46. The number of nitrogens with one attached hydrogen (secondary N) is 1. The third-order valence-corrected chi connectivity index (χ3v) is 5.14. The molecule has 150 valence electrons. The summed E-state index contributed by atoms with van der Waals surface area (Å²) < 4.78 is 5.42. The minimum atomic E-state index is 0.594. The van der Waals surface area contributed by atoms with Crippen LogP contribution in [0.15, 0.2) is 60.7 Å². The maximum atomic E-state index is 5.42. The molecule has 1 fully saturated rings. The van der Waals surface area contributed by atoms with E-state index in [1.54, 1.807) is 7.11 Å². The van der Waals surface area contributed by atoms with Gasteiger partial charge in [0.1, 0.15) is 11.6 Å². The van der Waals surface area contributed by atoms with Crippen LogP contribution in [0.5, 0.6) is 5.75 Å². The van der Waals surface area contributed by atoms with Crippen LogP contribution in [0.2, 0.25) is 0 Å². The van der Waals surface area contributed by atoms with Crippen LogP contribution in [-0.4, -0.2) is 48.2 Å². The highest BCUT2D eigenvalue weighted by molar-refractivity contribution is 5.63. The zero-order chi connectivity index (χ0) is 20.1. The van der Waals surface area contributed by atoms with Gasteiger partial charge in [0, 0.05) is 44.5 Å². The van der Waals surface area contributed by atoms with Crippen LogP contribution in [0, 0.1) is 6.92 Å². The van der Waals surface area contributed by atoms with Crippen LogP contribution in [-0.2, 0) is 6.54 Å². The Morgan fingerprint density at radius 1 is 0.931 bits per heavy atom. The molecule has 0 atom stereocenters. The normalized spacial score (nSPS) is 14.6. The van der Waals surface area contributed by atoms with Gasteiger partial charge in [0.15, 0.2) is 0 Å². The Bertz CT molecular complexity index is 939. The standard InChI is InChI=1S/C23H27N5O/c1-18-16-22(26-23(24-18)25-20-10-6-7-11-21(20)29-2)28-14-12-27(13-15-28)17-19-8-4-3-5-9-19/h3-11,16H,12-15,17H2,1-2H3,(H,24,25,26). The summed E-state index contributed by atoms with van der Waals surface area (Å²) in [5.74, 6) is 2.33. The van der Waals surface area contributed by atoms with Gasteiger partial charge in [-0.25, -0.2) is 4.98 Å². The zero-order valence-electron chi connectivity index (χ0n) is 17.0. The largest absolute Gasteiger partial charge is 0.495 e. The maximum Gasteiger partial charge on any atom is 0.229 e. The molecule has 3 aromatic rings. The molecule has 6 heteroatoms. The van der Waals surface area contributed by atoms with E-state index >= 15 is 0 Å². The molecule has 0 unspecified atom stereocenters. The van der Waals surface area contributed by atoms with E-state index in [4.69, 9.17) is 9.72 Å². The van der Waals surface area contributed by atoms with Crippen LogP contribution in [0.25, 0.3) is 0 Å². The number of rotatable bonds is 6. The van der Waals surface area contributed by atoms with Crippen molar-refractivity contribution in [2.45, 2.75) is 13.5 Å². The predicted octanol–water partition coefficient (Wildman–Crippen LogP) is 3.86. The first-order valence-electron chi connectivity index (χ1n) is 9.98. The van der Waals surface area contributed by atoms with Gasteiger partial charge >= 0.3 is 0 Å². The molecule has 2 heterocycles. The molecule has 29 heavy (non-hydrogen) atoms. The molecule has 0 saturated carbocycles. The molecule has 0 spiro atoms. The minimum Gasteiger partial charge on any atom is -0.495 e. The minimum absolute atomic E-state index is 0.594. The highest BCUT2D eigenvalue weighted by atomic mass is 16.5. The van der Waals surface area contributed by atoms with Crippen molar-refractivity contribution in [2.24, 2.45) is 0 Å². The van der Waals surface area contributed by atoms with E-state index in [2.05, 4.69) is 56.5 Å². The Balaban J connectivity index is 1.43. The number of benzene rings is 2. The maximum absolute atomic E-state index is 5.42. The Labute approximate surface area is 172 Å². The number of aromatic nitrogens is 2. The lowest BCUT2D eigenvalue weighted by Gasteiger charge is -2.35. The molecule has 2 aromatic carbocycles. The predicted molar refractivity (Wildman–Crippen MR) is 117 cm³/mol. The number of hydrogen-bond acceptors (Lipinski definition) is 6. The summed E-state index contributed by atoms with van der Waals surface area (Å²) in [6, 6.07) is 20.5. The molecular weight excluding hydrogens is 362 g/mol. The number of hydrogen-bond donors (Lipinski definition) is 1. The highest BCUT2D eigenvalue weighted by Gasteiger charge is 2.19. The van der Waals surface area contributed by atoms with Gasteiger partial charge in [-0.05, 0) is 24.6 Å². The fourth-order valence-electron chi connectivity index (χ4n) is 3.61. The Kier molecular flexibility index (Phi) is 5.91. The summed E-state index contributed by atoms with van der Waals surface area (Å²) in [5.41, 5.74) is 3.17. The lowest BCUT2D eigenvalue weighted by molar-refractivity contribution is 0.249. The first-order valence-corrected chi connectivity index (χ1v) is 9.98. The molecule has 0 amide bonds. The van der Waals surface area contributed by atoms with Crippen LogP contribution < -0.4 is 15.0 Å². The van der Waals surface area contributed by atoms with Crippen molar-refractivity contribution < 1.29 is 4.74 Å². The van der Waals surface area contributed by atoms with E-state index in [0.29, 0.717) is 5.95 Å². The highest BCUT2D eigenvalue weighted by Crippen LogP contribution is 2.27. The van der Waals surface area contributed by atoms with Crippen molar-refractivity contribution in [3.8, 4) is 5.75 Å².